The first-order valence-corrected chi connectivity index (χ1v) is 11.7. The van der Waals surface area contributed by atoms with E-state index in [9.17, 15) is 29.4 Å². The maximum absolute atomic E-state index is 12.9. The summed E-state index contributed by atoms with van der Waals surface area (Å²) >= 11 is 0. The molecule has 1 heterocycles. The van der Waals surface area contributed by atoms with E-state index in [1.807, 2.05) is 32.9 Å². The Bertz CT molecular complexity index is 870. The number of carbonyl (C=O) groups is 4. The first-order chi connectivity index (χ1) is 15.4. The molecule has 0 aromatic carbocycles. The second kappa shape index (κ2) is 9.79. The molecule has 0 aromatic rings. The van der Waals surface area contributed by atoms with E-state index < -0.39 is 47.4 Å². The van der Waals surface area contributed by atoms with Gasteiger partial charge < -0.3 is 19.7 Å². The third kappa shape index (κ3) is 5.37. The number of hydrogen-bond donors (Lipinski definition) is 2. The highest BCUT2D eigenvalue weighted by Crippen LogP contribution is 2.45. The summed E-state index contributed by atoms with van der Waals surface area (Å²) in [6.45, 7) is 7.59. The van der Waals surface area contributed by atoms with E-state index in [-0.39, 0.29) is 36.6 Å². The number of rotatable bonds is 7. The van der Waals surface area contributed by atoms with Crippen LogP contribution in [-0.2, 0) is 28.7 Å². The third-order valence-electron chi connectivity index (χ3n) is 7.49. The summed E-state index contributed by atoms with van der Waals surface area (Å²) in [6.07, 6.45) is 5.15. The van der Waals surface area contributed by atoms with Crippen molar-refractivity contribution in [2.45, 2.75) is 78.1 Å². The van der Waals surface area contributed by atoms with E-state index in [0.717, 1.165) is 5.57 Å². The zero-order valence-electron chi connectivity index (χ0n) is 19.7. The van der Waals surface area contributed by atoms with E-state index in [1.54, 1.807) is 6.08 Å². The molecule has 33 heavy (non-hydrogen) atoms. The van der Waals surface area contributed by atoms with Gasteiger partial charge in [-0.05, 0) is 50.5 Å². The molecular weight excluding hydrogens is 428 g/mol. The Morgan fingerprint density at radius 2 is 1.91 bits per heavy atom. The van der Waals surface area contributed by atoms with Crippen molar-refractivity contribution < 1.29 is 38.9 Å². The monoisotopic (exact) mass is 462 g/mol. The molecule has 3 aliphatic rings. The number of fused-ring (bicyclic) bond motifs is 1. The maximum atomic E-state index is 12.9. The molecule has 0 aromatic heterocycles. The first kappa shape index (κ1) is 25.1. The van der Waals surface area contributed by atoms with Gasteiger partial charge in [-0.25, -0.2) is 4.79 Å². The van der Waals surface area contributed by atoms with Gasteiger partial charge in [0.2, 0.25) is 0 Å². The van der Waals surface area contributed by atoms with E-state index in [2.05, 4.69) is 6.92 Å². The normalized spacial score (nSPS) is 34.2. The Labute approximate surface area is 194 Å². The van der Waals surface area contributed by atoms with Gasteiger partial charge in [-0.1, -0.05) is 32.1 Å². The minimum atomic E-state index is -1.34. The van der Waals surface area contributed by atoms with Crippen LogP contribution in [0, 0.1) is 29.1 Å². The number of esters is 2. The van der Waals surface area contributed by atoms with Crippen molar-refractivity contribution in [1.29, 1.82) is 0 Å². The van der Waals surface area contributed by atoms with Crippen LogP contribution >= 0.6 is 0 Å². The molecule has 8 heteroatoms. The molecule has 1 fully saturated rings. The van der Waals surface area contributed by atoms with Crippen LogP contribution in [-0.4, -0.2) is 52.2 Å². The lowest BCUT2D eigenvalue weighted by molar-refractivity contribution is -0.170. The summed E-state index contributed by atoms with van der Waals surface area (Å²) in [5.41, 5.74) is 0.171. The molecule has 1 saturated heterocycles. The van der Waals surface area contributed by atoms with Crippen molar-refractivity contribution in [3.63, 3.8) is 0 Å². The second-order valence-electron chi connectivity index (χ2n) is 10.2. The Morgan fingerprint density at radius 1 is 1.21 bits per heavy atom. The van der Waals surface area contributed by atoms with Crippen LogP contribution in [0.4, 0.5) is 0 Å². The number of Topliss-reactive ketones (excluding diaryl/α,β-unsaturated/α-hetero) is 1. The van der Waals surface area contributed by atoms with Crippen molar-refractivity contribution in [3.05, 3.63) is 23.8 Å². The molecule has 2 N–H and O–H groups in total. The van der Waals surface area contributed by atoms with Gasteiger partial charge >= 0.3 is 17.9 Å². The topological polar surface area (TPSA) is 127 Å². The number of carboxylic acids is 1. The molecule has 182 valence electrons. The number of carboxylic acid groups (broad SMARTS) is 1. The van der Waals surface area contributed by atoms with Crippen LogP contribution in [0.25, 0.3) is 0 Å². The maximum Gasteiger partial charge on any atom is 0.377 e. The molecule has 8 nitrogen and oxygen atoms in total. The predicted octanol–water partition coefficient (Wildman–Crippen LogP) is 2.83. The molecule has 0 bridgehead atoms. The molecule has 2 aliphatic carbocycles. The fourth-order valence-corrected chi connectivity index (χ4v) is 4.93. The fourth-order valence-electron chi connectivity index (χ4n) is 4.93. The number of allylic oxidation sites excluding steroid dienone is 2. The van der Waals surface area contributed by atoms with Gasteiger partial charge in [0.05, 0.1) is 11.3 Å². The number of ketones is 1. The van der Waals surface area contributed by atoms with Crippen molar-refractivity contribution in [2.75, 3.05) is 0 Å². The second-order valence-corrected chi connectivity index (χ2v) is 10.2. The molecule has 7 atom stereocenters. The molecule has 0 spiro atoms. The minimum Gasteiger partial charge on any atom is -0.481 e. The number of aliphatic carboxylic acids is 1. The molecule has 3 rings (SSSR count). The Kier molecular flexibility index (Phi) is 7.46. The molecule has 0 amide bonds. The van der Waals surface area contributed by atoms with Gasteiger partial charge in [0.25, 0.3) is 5.78 Å². The van der Waals surface area contributed by atoms with Gasteiger partial charge in [0.1, 0.15) is 18.3 Å². The van der Waals surface area contributed by atoms with Crippen molar-refractivity contribution in [1.82, 2.24) is 0 Å². The SMILES string of the molecule is CCC(C)(C)C(=O)O[C@H]1C[C@@H](C(=O)O)C=C2C=C[C@H](C)[C@H](CC[C@@H]3C[C@@H](O)C(=O)C(=O)O3)[C@H]21. The number of aliphatic hydroxyl groups is 1. The molecular formula is C25H34O8. The summed E-state index contributed by atoms with van der Waals surface area (Å²) in [5.74, 6) is -3.99. The van der Waals surface area contributed by atoms with Crippen molar-refractivity contribution in [2.24, 2.45) is 29.1 Å². The number of hydrogen-bond acceptors (Lipinski definition) is 7. The number of carbonyl (C=O) groups excluding carboxylic acids is 3. The summed E-state index contributed by atoms with van der Waals surface area (Å²) in [4.78, 5) is 47.9. The average Bonchev–Trinajstić information content (AvgIpc) is 2.76. The van der Waals surface area contributed by atoms with Crippen LogP contribution < -0.4 is 0 Å². The number of ether oxygens (including phenoxy) is 2. The smallest absolute Gasteiger partial charge is 0.377 e. The quantitative estimate of drug-likeness (QED) is 0.437. The zero-order chi connectivity index (χ0) is 24.5. The molecule has 1 aliphatic heterocycles. The van der Waals surface area contributed by atoms with Crippen LogP contribution in [0.5, 0.6) is 0 Å². The molecule has 0 radical (unpaired) electrons. The number of cyclic esters (lactones) is 1. The van der Waals surface area contributed by atoms with Crippen molar-refractivity contribution in [3.8, 4) is 0 Å². The van der Waals surface area contributed by atoms with Crippen LogP contribution in [0.3, 0.4) is 0 Å². The minimum absolute atomic E-state index is 0.0204. The molecule has 0 unspecified atom stereocenters. The third-order valence-corrected chi connectivity index (χ3v) is 7.49. The van der Waals surface area contributed by atoms with E-state index in [4.69, 9.17) is 9.47 Å². The van der Waals surface area contributed by atoms with Crippen LogP contribution in [0.2, 0.25) is 0 Å². The highest BCUT2D eigenvalue weighted by Gasteiger charge is 2.45. The Balaban J connectivity index is 1.83. The lowest BCUT2D eigenvalue weighted by Gasteiger charge is -2.43. The van der Waals surface area contributed by atoms with E-state index >= 15 is 0 Å². The summed E-state index contributed by atoms with van der Waals surface area (Å²) < 4.78 is 11.2. The summed E-state index contributed by atoms with van der Waals surface area (Å²) in [7, 11) is 0. The zero-order valence-corrected chi connectivity index (χ0v) is 19.7. The Morgan fingerprint density at radius 3 is 2.52 bits per heavy atom. The highest BCUT2D eigenvalue weighted by atomic mass is 16.6. The van der Waals surface area contributed by atoms with Gasteiger partial charge in [-0.2, -0.15) is 0 Å². The number of aliphatic hydroxyl groups excluding tert-OH is 1. The van der Waals surface area contributed by atoms with E-state index in [0.29, 0.717) is 19.3 Å². The predicted molar refractivity (Wildman–Crippen MR) is 118 cm³/mol. The Hall–Kier alpha value is -2.48. The summed E-state index contributed by atoms with van der Waals surface area (Å²) in [6, 6.07) is 0. The van der Waals surface area contributed by atoms with E-state index in [1.165, 1.54) is 0 Å². The van der Waals surface area contributed by atoms with Crippen molar-refractivity contribution >= 4 is 23.7 Å². The highest BCUT2D eigenvalue weighted by molar-refractivity contribution is 6.35. The average molecular weight is 463 g/mol. The van der Waals surface area contributed by atoms with Crippen LogP contribution in [0.1, 0.15) is 59.8 Å². The summed E-state index contributed by atoms with van der Waals surface area (Å²) in [5, 5.41) is 19.5. The molecule has 0 saturated carbocycles. The van der Waals surface area contributed by atoms with Crippen LogP contribution in [0.15, 0.2) is 23.8 Å². The van der Waals surface area contributed by atoms with Gasteiger partial charge in [0.15, 0.2) is 0 Å². The fraction of sp³-hybridized carbons (Fsp3) is 0.680. The van der Waals surface area contributed by atoms with Gasteiger partial charge in [-0.3, -0.25) is 14.4 Å². The lowest BCUT2D eigenvalue weighted by atomic mass is 9.65. The largest absolute Gasteiger partial charge is 0.481 e. The standard InChI is InChI=1S/C25H34O8/c1-5-25(3,4)24(31)33-19-11-15(22(28)29)10-14-7-6-13(2)17(20(14)19)9-8-16-12-18(26)21(27)23(30)32-16/h6-7,10,13,15-20,26H,5,8-9,11-12H2,1-4H3,(H,28,29)/t13-,15-,16+,17-,18+,19-,20-/m0/s1. The lowest BCUT2D eigenvalue weighted by Crippen LogP contribution is -2.45. The van der Waals surface area contributed by atoms with Gasteiger partial charge in [0, 0.05) is 18.8 Å². The van der Waals surface area contributed by atoms with Gasteiger partial charge in [-0.15, -0.1) is 0 Å². The first-order valence-electron chi connectivity index (χ1n) is 11.7.